The number of hydrogen-bond donors (Lipinski definition) is 0. The highest BCUT2D eigenvalue weighted by Gasteiger charge is 2.14. The van der Waals surface area contributed by atoms with E-state index in [1.165, 1.54) is 0 Å². The van der Waals surface area contributed by atoms with Crippen LogP contribution in [0.5, 0.6) is 0 Å². The van der Waals surface area contributed by atoms with Crippen LogP contribution < -0.4 is 0 Å². The fourth-order valence-corrected chi connectivity index (χ4v) is 0.941. The lowest BCUT2D eigenvalue weighted by molar-refractivity contribution is 0.168. The van der Waals surface area contributed by atoms with Crippen LogP contribution in [-0.4, -0.2) is 24.0 Å². The molecule has 0 aliphatic rings. The minimum Gasteiger partial charge on any atom is -0.301 e. The molecule has 0 aliphatic carbocycles. The largest absolute Gasteiger partial charge is 0.301 e. The van der Waals surface area contributed by atoms with Gasteiger partial charge in [-0.25, -0.2) is 0 Å². The molecule has 1 heteroatoms. The molecule has 0 aromatic rings. The number of hydrogen-bond acceptors (Lipinski definition) is 1. The van der Waals surface area contributed by atoms with Crippen molar-refractivity contribution < 1.29 is 0 Å². The van der Waals surface area contributed by atoms with Crippen LogP contribution in [0.1, 0.15) is 34.6 Å². The summed E-state index contributed by atoms with van der Waals surface area (Å²) < 4.78 is 0. The van der Waals surface area contributed by atoms with E-state index in [1.54, 1.807) is 0 Å². The second-order valence-electron chi connectivity index (χ2n) is 3.74. The fourth-order valence-electron chi connectivity index (χ4n) is 0.941. The Kier molecular flexibility index (Phi) is 3.95. The van der Waals surface area contributed by atoms with E-state index in [0.29, 0.717) is 12.1 Å². The van der Waals surface area contributed by atoms with Crippen LogP contribution in [0.15, 0.2) is 0 Å². The van der Waals surface area contributed by atoms with Crippen molar-refractivity contribution >= 4 is 0 Å². The van der Waals surface area contributed by atoms with Gasteiger partial charge in [-0.1, -0.05) is 13.8 Å². The standard InChI is InChI=1S/C9H21N/c1-7(2)9(5)10(6)8(3)4/h7-9H,1-6H3. The first-order chi connectivity index (χ1) is 4.46. The fraction of sp³-hybridized carbons (Fsp3) is 1.00. The average Bonchev–Trinajstić information content (AvgIpc) is 1.84. The van der Waals surface area contributed by atoms with Gasteiger partial charge >= 0.3 is 0 Å². The summed E-state index contributed by atoms with van der Waals surface area (Å²) in [7, 11) is 2.19. The lowest BCUT2D eigenvalue weighted by Gasteiger charge is -2.31. The molecule has 0 aromatic carbocycles. The Labute approximate surface area is 65.4 Å². The maximum absolute atomic E-state index is 2.41. The molecular formula is C9H21N. The molecule has 0 fully saturated rings. The molecular weight excluding hydrogens is 122 g/mol. The Morgan fingerprint density at radius 2 is 1.30 bits per heavy atom. The number of rotatable bonds is 3. The normalized spacial score (nSPS) is 15.3. The molecule has 1 unspecified atom stereocenters. The predicted octanol–water partition coefficient (Wildman–Crippen LogP) is 2.37. The number of nitrogens with zero attached hydrogens (tertiary/aromatic N) is 1. The van der Waals surface area contributed by atoms with Crippen LogP contribution in [0.3, 0.4) is 0 Å². The summed E-state index contributed by atoms with van der Waals surface area (Å²) in [6.07, 6.45) is 0. The molecule has 0 amide bonds. The van der Waals surface area contributed by atoms with Gasteiger partial charge in [-0.2, -0.15) is 0 Å². The van der Waals surface area contributed by atoms with Gasteiger partial charge in [0, 0.05) is 12.1 Å². The molecule has 0 aliphatic heterocycles. The van der Waals surface area contributed by atoms with E-state index in [9.17, 15) is 0 Å². The second kappa shape index (κ2) is 3.97. The maximum atomic E-state index is 2.41. The van der Waals surface area contributed by atoms with Crippen LogP contribution in [0.4, 0.5) is 0 Å². The van der Waals surface area contributed by atoms with E-state index in [4.69, 9.17) is 0 Å². The van der Waals surface area contributed by atoms with Crippen molar-refractivity contribution in [1.29, 1.82) is 0 Å². The summed E-state index contributed by atoms with van der Waals surface area (Å²) >= 11 is 0. The zero-order chi connectivity index (χ0) is 8.31. The second-order valence-corrected chi connectivity index (χ2v) is 3.74. The Morgan fingerprint density at radius 1 is 0.900 bits per heavy atom. The summed E-state index contributed by atoms with van der Waals surface area (Å²) in [5.41, 5.74) is 0. The monoisotopic (exact) mass is 143 g/mol. The van der Waals surface area contributed by atoms with Crippen LogP contribution in [-0.2, 0) is 0 Å². The molecule has 1 atom stereocenters. The van der Waals surface area contributed by atoms with Gasteiger partial charge in [0.2, 0.25) is 0 Å². The summed E-state index contributed by atoms with van der Waals surface area (Å²) in [6, 6.07) is 1.36. The van der Waals surface area contributed by atoms with E-state index in [0.717, 1.165) is 5.92 Å². The first kappa shape index (κ1) is 9.96. The van der Waals surface area contributed by atoms with E-state index < -0.39 is 0 Å². The molecule has 10 heavy (non-hydrogen) atoms. The third kappa shape index (κ3) is 2.70. The summed E-state index contributed by atoms with van der Waals surface area (Å²) in [5, 5.41) is 0. The average molecular weight is 143 g/mol. The van der Waals surface area contributed by atoms with Gasteiger partial charge in [-0.05, 0) is 33.7 Å². The summed E-state index contributed by atoms with van der Waals surface area (Å²) in [4.78, 5) is 2.41. The highest BCUT2D eigenvalue weighted by atomic mass is 15.1. The molecule has 0 radical (unpaired) electrons. The SMILES string of the molecule is CC(C)C(C)N(C)C(C)C. The smallest absolute Gasteiger partial charge is 0.00895 e. The summed E-state index contributed by atoms with van der Waals surface area (Å²) in [5.74, 6) is 0.757. The molecule has 0 spiro atoms. The Morgan fingerprint density at radius 3 is 1.40 bits per heavy atom. The third-order valence-electron chi connectivity index (χ3n) is 2.42. The van der Waals surface area contributed by atoms with Crippen LogP contribution in [0, 0.1) is 5.92 Å². The molecule has 0 rings (SSSR count). The molecule has 0 heterocycles. The summed E-state index contributed by atoms with van der Waals surface area (Å²) in [6.45, 7) is 11.3. The first-order valence-corrected chi connectivity index (χ1v) is 4.18. The van der Waals surface area contributed by atoms with Crippen LogP contribution >= 0.6 is 0 Å². The van der Waals surface area contributed by atoms with Crippen molar-refractivity contribution in [3.8, 4) is 0 Å². The van der Waals surface area contributed by atoms with E-state index in [1.807, 2.05) is 0 Å². The molecule has 0 saturated heterocycles. The van der Waals surface area contributed by atoms with Gasteiger partial charge in [0.05, 0.1) is 0 Å². The minimum atomic E-state index is 0.664. The van der Waals surface area contributed by atoms with E-state index in [-0.39, 0.29) is 0 Å². The molecule has 62 valence electrons. The lowest BCUT2D eigenvalue weighted by atomic mass is 10.0. The Bertz CT molecular complexity index is 74.7. The van der Waals surface area contributed by atoms with Gasteiger partial charge < -0.3 is 4.90 Å². The lowest BCUT2D eigenvalue weighted by Crippen LogP contribution is -2.38. The van der Waals surface area contributed by atoms with Crippen LogP contribution in [0.2, 0.25) is 0 Å². The Hall–Kier alpha value is -0.0400. The van der Waals surface area contributed by atoms with Crippen molar-refractivity contribution in [1.82, 2.24) is 4.90 Å². The Balaban J connectivity index is 3.81. The van der Waals surface area contributed by atoms with Gasteiger partial charge in [0.1, 0.15) is 0 Å². The molecule has 0 aromatic heterocycles. The van der Waals surface area contributed by atoms with Crippen molar-refractivity contribution in [2.24, 2.45) is 5.92 Å². The predicted molar refractivity (Wildman–Crippen MR) is 47.2 cm³/mol. The minimum absolute atomic E-state index is 0.664. The van der Waals surface area contributed by atoms with E-state index in [2.05, 4.69) is 46.6 Å². The van der Waals surface area contributed by atoms with Crippen molar-refractivity contribution in [3.63, 3.8) is 0 Å². The topological polar surface area (TPSA) is 3.24 Å². The molecule has 0 N–H and O–H groups in total. The van der Waals surface area contributed by atoms with Crippen molar-refractivity contribution in [2.75, 3.05) is 7.05 Å². The van der Waals surface area contributed by atoms with Gasteiger partial charge in [0.25, 0.3) is 0 Å². The maximum Gasteiger partial charge on any atom is 0.00895 e. The quantitative estimate of drug-likeness (QED) is 0.586. The molecule has 0 bridgehead atoms. The zero-order valence-electron chi connectivity index (χ0n) is 8.18. The highest BCUT2D eigenvalue weighted by Crippen LogP contribution is 2.10. The van der Waals surface area contributed by atoms with Gasteiger partial charge in [-0.3, -0.25) is 0 Å². The first-order valence-electron chi connectivity index (χ1n) is 4.18. The van der Waals surface area contributed by atoms with Gasteiger partial charge in [0.15, 0.2) is 0 Å². The molecule has 0 saturated carbocycles. The van der Waals surface area contributed by atoms with Gasteiger partial charge in [-0.15, -0.1) is 0 Å². The van der Waals surface area contributed by atoms with Crippen molar-refractivity contribution in [2.45, 2.75) is 46.7 Å². The van der Waals surface area contributed by atoms with E-state index >= 15 is 0 Å². The third-order valence-corrected chi connectivity index (χ3v) is 2.42. The van der Waals surface area contributed by atoms with Crippen molar-refractivity contribution in [3.05, 3.63) is 0 Å². The molecule has 1 nitrogen and oxygen atoms in total. The van der Waals surface area contributed by atoms with Crippen LogP contribution in [0.25, 0.3) is 0 Å². The zero-order valence-corrected chi connectivity index (χ0v) is 8.18. The highest BCUT2D eigenvalue weighted by molar-refractivity contribution is 4.69.